The maximum Gasteiger partial charge on any atom is 0.166 e. The lowest BCUT2D eigenvalue weighted by Crippen LogP contribution is -2.13. The Bertz CT molecular complexity index is 443. The van der Waals surface area contributed by atoms with E-state index in [9.17, 15) is 4.79 Å². The molecule has 1 aliphatic heterocycles. The molecule has 0 fully saturated rings. The van der Waals surface area contributed by atoms with Crippen LogP contribution in [0.4, 0.5) is 0 Å². The molecule has 1 aromatic rings. The highest BCUT2D eigenvalue weighted by Crippen LogP contribution is 2.35. The number of fused-ring (bicyclic) bond motifs is 1. The predicted molar refractivity (Wildman–Crippen MR) is 69.2 cm³/mol. The average molecular weight is 252 g/mol. The summed E-state index contributed by atoms with van der Waals surface area (Å²) < 4.78 is 10.5. The maximum absolute atomic E-state index is 12.2. The molecular weight excluding hydrogens is 236 g/mol. The molecule has 0 bridgehead atoms. The average Bonchev–Trinajstić information content (AvgIpc) is 2.48. The first-order valence-corrected chi connectivity index (χ1v) is 6.69. The summed E-state index contributed by atoms with van der Waals surface area (Å²) in [5, 5.41) is 0. The minimum absolute atomic E-state index is 0.0688. The van der Waals surface area contributed by atoms with Gasteiger partial charge in [-0.15, -0.1) is 0 Å². The second kappa shape index (κ2) is 5.00. The molecule has 1 heterocycles. The van der Waals surface area contributed by atoms with Crippen molar-refractivity contribution >= 4 is 17.5 Å². The number of carbonyl (C=O) groups is 1. The van der Waals surface area contributed by atoms with Crippen LogP contribution in [0.25, 0.3) is 0 Å². The Morgan fingerprint density at radius 1 is 1.24 bits per heavy atom. The number of carbonyl (C=O) groups excluding carboxylic acids is 1. The largest absolute Gasteiger partial charge is 0.493 e. The lowest BCUT2D eigenvalue weighted by atomic mass is 9.96. The summed E-state index contributed by atoms with van der Waals surface area (Å²) >= 11 is 1.79. The van der Waals surface area contributed by atoms with E-state index < -0.39 is 0 Å². The molecule has 1 atom stereocenters. The van der Waals surface area contributed by atoms with Gasteiger partial charge < -0.3 is 9.47 Å². The van der Waals surface area contributed by atoms with Crippen molar-refractivity contribution in [3.63, 3.8) is 0 Å². The Balaban J connectivity index is 2.53. The second-order valence-electron chi connectivity index (χ2n) is 4.14. The zero-order chi connectivity index (χ0) is 12.4. The summed E-state index contributed by atoms with van der Waals surface area (Å²) in [6.45, 7) is 1.97. The van der Waals surface area contributed by atoms with Gasteiger partial charge in [0.1, 0.15) is 0 Å². The Morgan fingerprint density at radius 3 is 2.53 bits per heavy atom. The number of rotatable bonds is 2. The highest BCUT2D eigenvalue weighted by Gasteiger charge is 2.24. The first kappa shape index (κ1) is 12.3. The molecule has 0 aromatic heterocycles. The van der Waals surface area contributed by atoms with E-state index in [0.29, 0.717) is 11.5 Å². The molecule has 0 saturated heterocycles. The van der Waals surface area contributed by atoms with Crippen LogP contribution >= 0.6 is 11.8 Å². The number of benzene rings is 1. The van der Waals surface area contributed by atoms with Crippen molar-refractivity contribution in [1.29, 1.82) is 0 Å². The van der Waals surface area contributed by atoms with Crippen LogP contribution in [0.3, 0.4) is 0 Å². The molecule has 0 spiro atoms. The first-order valence-electron chi connectivity index (χ1n) is 5.54. The molecule has 2 rings (SSSR count). The van der Waals surface area contributed by atoms with Gasteiger partial charge in [-0.1, -0.05) is 6.92 Å². The summed E-state index contributed by atoms with van der Waals surface area (Å²) in [4.78, 5) is 12.2. The highest BCUT2D eigenvalue weighted by atomic mass is 32.2. The van der Waals surface area contributed by atoms with Crippen molar-refractivity contribution in [2.75, 3.05) is 20.0 Å². The number of hydrogen-bond acceptors (Lipinski definition) is 4. The molecule has 17 heavy (non-hydrogen) atoms. The molecule has 0 aliphatic carbocycles. The van der Waals surface area contributed by atoms with E-state index in [1.165, 1.54) is 0 Å². The molecule has 92 valence electrons. The van der Waals surface area contributed by atoms with Crippen molar-refractivity contribution in [3.8, 4) is 11.5 Å². The van der Waals surface area contributed by atoms with E-state index in [1.807, 2.05) is 13.0 Å². The first-order chi connectivity index (χ1) is 8.17. The van der Waals surface area contributed by atoms with Gasteiger partial charge in [0, 0.05) is 23.0 Å². The van der Waals surface area contributed by atoms with Crippen molar-refractivity contribution in [3.05, 3.63) is 23.3 Å². The highest BCUT2D eigenvalue weighted by molar-refractivity contribution is 7.98. The minimum atomic E-state index is 0.0688. The van der Waals surface area contributed by atoms with Gasteiger partial charge >= 0.3 is 0 Å². The molecular formula is C13H16O3S. The summed E-state index contributed by atoms with van der Waals surface area (Å²) in [5.41, 5.74) is 1.82. The second-order valence-corrected chi connectivity index (χ2v) is 5.18. The van der Waals surface area contributed by atoms with E-state index in [0.717, 1.165) is 22.6 Å². The van der Waals surface area contributed by atoms with E-state index in [1.54, 1.807) is 32.0 Å². The Morgan fingerprint density at radius 2 is 1.88 bits per heavy atom. The summed E-state index contributed by atoms with van der Waals surface area (Å²) in [7, 11) is 3.20. The predicted octanol–water partition coefficient (Wildman–Crippen LogP) is 2.77. The molecule has 4 heteroatoms. The fraction of sp³-hybridized carbons (Fsp3) is 0.462. The van der Waals surface area contributed by atoms with Crippen molar-refractivity contribution in [2.24, 2.45) is 5.92 Å². The molecule has 1 aliphatic rings. The summed E-state index contributed by atoms with van der Waals surface area (Å²) in [6, 6.07) is 3.72. The summed E-state index contributed by atoms with van der Waals surface area (Å²) in [6.07, 6.45) is 0. The van der Waals surface area contributed by atoms with Crippen molar-refractivity contribution in [1.82, 2.24) is 0 Å². The standard InChI is InChI=1S/C13H16O3S/c1-8-6-17-7-9-4-11(15-2)12(16-3)5-10(9)13(8)14/h4-5,8H,6-7H2,1-3H3. The van der Waals surface area contributed by atoms with E-state index in [4.69, 9.17) is 9.47 Å². The van der Waals surface area contributed by atoms with Gasteiger partial charge in [0.05, 0.1) is 14.2 Å². The molecule has 3 nitrogen and oxygen atoms in total. The number of thioether (sulfide) groups is 1. The monoisotopic (exact) mass is 252 g/mol. The number of ether oxygens (including phenoxy) is 2. The van der Waals surface area contributed by atoms with Crippen LogP contribution in [0, 0.1) is 5.92 Å². The number of ketones is 1. The number of hydrogen-bond donors (Lipinski definition) is 0. The van der Waals surface area contributed by atoms with Gasteiger partial charge in [0.15, 0.2) is 17.3 Å². The van der Waals surface area contributed by atoms with Crippen LogP contribution in [-0.2, 0) is 5.75 Å². The summed E-state index contributed by atoms with van der Waals surface area (Å²) in [5.74, 6) is 3.31. The lowest BCUT2D eigenvalue weighted by Gasteiger charge is -2.12. The van der Waals surface area contributed by atoms with Crippen molar-refractivity contribution < 1.29 is 14.3 Å². The Hall–Kier alpha value is -1.16. The van der Waals surface area contributed by atoms with E-state index >= 15 is 0 Å². The molecule has 0 N–H and O–H groups in total. The topological polar surface area (TPSA) is 35.5 Å². The van der Waals surface area contributed by atoms with E-state index in [-0.39, 0.29) is 11.7 Å². The molecule has 0 amide bonds. The normalized spacial score (nSPS) is 19.5. The van der Waals surface area contributed by atoms with Gasteiger partial charge in [0.25, 0.3) is 0 Å². The lowest BCUT2D eigenvalue weighted by molar-refractivity contribution is 0.0941. The molecule has 0 saturated carbocycles. The van der Waals surface area contributed by atoms with Crippen LogP contribution in [0.5, 0.6) is 11.5 Å². The SMILES string of the molecule is COc1cc2c(cc1OC)C(=O)C(C)CSC2. The van der Waals surface area contributed by atoms with Gasteiger partial charge in [-0.05, 0) is 17.7 Å². The quantitative estimate of drug-likeness (QED) is 0.810. The van der Waals surface area contributed by atoms with Crippen LogP contribution in [0.1, 0.15) is 22.8 Å². The van der Waals surface area contributed by atoms with Gasteiger partial charge in [-0.2, -0.15) is 11.8 Å². The number of methoxy groups -OCH3 is 2. The fourth-order valence-electron chi connectivity index (χ4n) is 1.96. The smallest absolute Gasteiger partial charge is 0.166 e. The zero-order valence-electron chi connectivity index (χ0n) is 10.3. The molecule has 1 unspecified atom stereocenters. The minimum Gasteiger partial charge on any atom is -0.493 e. The van der Waals surface area contributed by atoms with Crippen LogP contribution in [0.2, 0.25) is 0 Å². The molecule has 0 radical (unpaired) electrons. The third-order valence-electron chi connectivity index (χ3n) is 2.95. The van der Waals surface area contributed by atoms with Crippen molar-refractivity contribution in [2.45, 2.75) is 12.7 Å². The van der Waals surface area contributed by atoms with E-state index in [2.05, 4.69) is 0 Å². The van der Waals surface area contributed by atoms with Gasteiger partial charge in [0.2, 0.25) is 0 Å². The zero-order valence-corrected chi connectivity index (χ0v) is 11.1. The third kappa shape index (κ3) is 2.27. The van der Waals surface area contributed by atoms with Crippen LogP contribution in [0.15, 0.2) is 12.1 Å². The van der Waals surface area contributed by atoms with Gasteiger partial charge in [-0.25, -0.2) is 0 Å². The third-order valence-corrected chi connectivity index (χ3v) is 4.20. The number of Topliss-reactive ketones (excluding diaryl/α,β-unsaturated/α-hetero) is 1. The Labute approximate surface area is 105 Å². The maximum atomic E-state index is 12.2. The fourth-order valence-corrected chi connectivity index (χ4v) is 3.04. The van der Waals surface area contributed by atoms with Gasteiger partial charge in [-0.3, -0.25) is 4.79 Å². The Kier molecular flexibility index (Phi) is 3.62. The van der Waals surface area contributed by atoms with Crippen LogP contribution < -0.4 is 9.47 Å². The molecule has 1 aromatic carbocycles. The van der Waals surface area contributed by atoms with Crippen LogP contribution in [-0.4, -0.2) is 25.8 Å².